The van der Waals surface area contributed by atoms with Crippen LogP contribution < -0.4 is 0 Å². The van der Waals surface area contributed by atoms with Gasteiger partial charge in [-0.15, -0.1) is 0 Å². The standard InChI is InChI=1S/C41H75O8P/c1-3-5-7-9-11-13-15-17-19-20-22-24-26-28-30-32-34-36-41(43)49-39(38-48-50(44,45)46)37-47-40(42)35-33-31-29-27-25-23-21-18-16-14-12-10-8-6-4-2/h14,16,22,24,28,30,39H,3-13,15,17-21,23,25-27,29,31-38H2,1-2H3,(H2,44,45,46)/b16-14+,24-22+,30-28+/t39-/m1/s1. The number of hydrogen-bond donors (Lipinski definition) is 2. The normalized spacial score (nSPS) is 12.8. The Balaban J connectivity index is 4.00. The van der Waals surface area contributed by atoms with Gasteiger partial charge in [-0.3, -0.25) is 14.1 Å². The molecule has 0 saturated carbocycles. The average molecular weight is 727 g/mol. The van der Waals surface area contributed by atoms with Crippen LogP contribution in [0.5, 0.6) is 0 Å². The molecule has 9 heteroatoms. The van der Waals surface area contributed by atoms with Crippen molar-refractivity contribution in [2.45, 2.75) is 200 Å². The third kappa shape index (κ3) is 39.1. The molecule has 0 amide bonds. The number of phosphoric acid groups is 1. The van der Waals surface area contributed by atoms with E-state index in [9.17, 15) is 14.2 Å². The molecule has 0 unspecified atom stereocenters. The molecule has 0 bridgehead atoms. The number of carbonyl (C=O) groups is 2. The van der Waals surface area contributed by atoms with E-state index in [4.69, 9.17) is 19.3 Å². The number of esters is 2. The van der Waals surface area contributed by atoms with Crippen LogP contribution in [0, 0.1) is 0 Å². The van der Waals surface area contributed by atoms with Gasteiger partial charge in [0.25, 0.3) is 0 Å². The van der Waals surface area contributed by atoms with Crippen LogP contribution in [0.1, 0.15) is 194 Å². The number of hydrogen-bond acceptors (Lipinski definition) is 6. The lowest BCUT2D eigenvalue weighted by Gasteiger charge is -2.18. The lowest BCUT2D eigenvalue weighted by Crippen LogP contribution is -2.29. The predicted octanol–water partition coefficient (Wildman–Crippen LogP) is 12.2. The summed E-state index contributed by atoms with van der Waals surface area (Å²) in [4.78, 5) is 42.7. The zero-order valence-electron chi connectivity index (χ0n) is 32.0. The van der Waals surface area contributed by atoms with Gasteiger partial charge in [0, 0.05) is 12.8 Å². The van der Waals surface area contributed by atoms with Gasteiger partial charge in [0.2, 0.25) is 0 Å². The van der Waals surface area contributed by atoms with Crippen LogP contribution in [0.25, 0.3) is 0 Å². The maximum atomic E-state index is 12.4. The molecule has 292 valence electrons. The molecule has 0 aliphatic carbocycles. The first-order valence-electron chi connectivity index (χ1n) is 20.3. The maximum Gasteiger partial charge on any atom is 0.469 e. The lowest BCUT2D eigenvalue weighted by atomic mass is 10.1. The van der Waals surface area contributed by atoms with Gasteiger partial charge in [0.1, 0.15) is 6.61 Å². The fourth-order valence-electron chi connectivity index (χ4n) is 5.58. The minimum atomic E-state index is -4.76. The number of unbranched alkanes of at least 4 members (excludes halogenated alkanes) is 21. The first-order chi connectivity index (χ1) is 24.3. The highest BCUT2D eigenvalue weighted by Gasteiger charge is 2.22. The van der Waals surface area contributed by atoms with E-state index >= 15 is 0 Å². The molecule has 0 saturated heterocycles. The molecule has 2 N–H and O–H groups in total. The summed E-state index contributed by atoms with van der Waals surface area (Å²) < 4.78 is 26.3. The first-order valence-corrected chi connectivity index (χ1v) is 21.8. The molecule has 0 rings (SSSR count). The molecule has 50 heavy (non-hydrogen) atoms. The summed E-state index contributed by atoms with van der Waals surface area (Å²) in [6.45, 7) is 3.63. The summed E-state index contributed by atoms with van der Waals surface area (Å²) >= 11 is 0. The number of phosphoric ester groups is 1. The minimum Gasteiger partial charge on any atom is -0.462 e. The fraction of sp³-hybridized carbons (Fsp3) is 0.805. The summed E-state index contributed by atoms with van der Waals surface area (Å²) in [5.74, 6) is -0.941. The zero-order valence-corrected chi connectivity index (χ0v) is 32.9. The van der Waals surface area contributed by atoms with Gasteiger partial charge < -0.3 is 19.3 Å². The molecule has 1 atom stereocenters. The summed E-state index contributed by atoms with van der Waals surface area (Å²) in [7, 11) is -4.76. The van der Waals surface area contributed by atoms with Crippen LogP contribution in [0.4, 0.5) is 0 Å². The van der Waals surface area contributed by atoms with Gasteiger partial charge in [-0.05, 0) is 64.2 Å². The number of rotatable bonds is 37. The van der Waals surface area contributed by atoms with E-state index in [0.717, 1.165) is 44.9 Å². The van der Waals surface area contributed by atoms with Crippen molar-refractivity contribution in [3.8, 4) is 0 Å². The minimum absolute atomic E-state index is 0.148. The Morgan fingerprint density at radius 2 is 0.920 bits per heavy atom. The van der Waals surface area contributed by atoms with Gasteiger partial charge in [0.15, 0.2) is 6.10 Å². The van der Waals surface area contributed by atoms with Crippen LogP contribution in [0.3, 0.4) is 0 Å². The van der Waals surface area contributed by atoms with Crippen molar-refractivity contribution in [3.63, 3.8) is 0 Å². The van der Waals surface area contributed by atoms with Gasteiger partial charge in [-0.2, -0.15) is 0 Å². The molecule has 0 aromatic heterocycles. The van der Waals surface area contributed by atoms with Crippen LogP contribution in [0.15, 0.2) is 36.5 Å². The average Bonchev–Trinajstić information content (AvgIpc) is 3.08. The third-order valence-corrected chi connectivity index (χ3v) is 9.12. The monoisotopic (exact) mass is 727 g/mol. The Hall–Kier alpha value is -1.73. The molecule has 0 fully saturated rings. The Morgan fingerprint density at radius 3 is 1.42 bits per heavy atom. The van der Waals surface area contributed by atoms with Crippen molar-refractivity contribution in [2.24, 2.45) is 0 Å². The SMILES string of the molecule is CCCCCC/C=C/CCCCCCCCCC(=O)OC[C@H](COP(=O)(O)O)OC(=O)CCC/C=C/C/C=C/CCCCCCCCCCC. The van der Waals surface area contributed by atoms with Crippen molar-refractivity contribution < 1.29 is 37.9 Å². The molecule has 0 radical (unpaired) electrons. The van der Waals surface area contributed by atoms with Crippen molar-refractivity contribution in [1.82, 2.24) is 0 Å². The number of carbonyl (C=O) groups excluding carboxylic acids is 2. The van der Waals surface area contributed by atoms with E-state index in [-0.39, 0.29) is 19.4 Å². The predicted molar refractivity (Wildman–Crippen MR) is 207 cm³/mol. The second-order valence-corrected chi connectivity index (χ2v) is 14.8. The van der Waals surface area contributed by atoms with Crippen molar-refractivity contribution in [2.75, 3.05) is 13.2 Å². The summed E-state index contributed by atoms with van der Waals surface area (Å²) in [6.07, 6.45) is 43.0. The molecule has 0 aliphatic rings. The molecule has 0 aliphatic heterocycles. The van der Waals surface area contributed by atoms with Gasteiger partial charge >= 0.3 is 19.8 Å². The highest BCUT2D eigenvalue weighted by molar-refractivity contribution is 7.46. The van der Waals surface area contributed by atoms with Crippen molar-refractivity contribution in [1.29, 1.82) is 0 Å². The van der Waals surface area contributed by atoms with Crippen molar-refractivity contribution >= 4 is 19.8 Å². The van der Waals surface area contributed by atoms with Gasteiger partial charge in [-0.25, -0.2) is 4.57 Å². The van der Waals surface area contributed by atoms with E-state index in [1.54, 1.807) is 0 Å². The van der Waals surface area contributed by atoms with E-state index in [1.807, 2.05) is 6.08 Å². The first kappa shape index (κ1) is 48.3. The van der Waals surface area contributed by atoms with Crippen LogP contribution >= 0.6 is 7.82 Å². The highest BCUT2D eigenvalue weighted by Crippen LogP contribution is 2.36. The number of ether oxygens (including phenoxy) is 2. The molecular weight excluding hydrogens is 651 g/mol. The second-order valence-electron chi connectivity index (χ2n) is 13.6. The molecular formula is C41H75O8P. The fourth-order valence-corrected chi connectivity index (χ4v) is 5.94. The molecule has 0 aromatic carbocycles. The Morgan fingerprint density at radius 1 is 0.520 bits per heavy atom. The van der Waals surface area contributed by atoms with E-state index in [1.165, 1.54) is 109 Å². The molecule has 0 aromatic rings. The largest absolute Gasteiger partial charge is 0.469 e. The third-order valence-electron chi connectivity index (χ3n) is 8.63. The van der Waals surface area contributed by atoms with E-state index in [0.29, 0.717) is 12.8 Å². The zero-order chi connectivity index (χ0) is 36.8. The Bertz CT molecular complexity index is 910. The highest BCUT2D eigenvalue weighted by atomic mass is 31.2. The molecule has 0 heterocycles. The maximum absolute atomic E-state index is 12.4. The van der Waals surface area contributed by atoms with Crippen LogP contribution in [0.2, 0.25) is 0 Å². The summed E-state index contributed by atoms with van der Waals surface area (Å²) in [5.41, 5.74) is 0. The smallest absolute Gasteiger partial charge is 0.462 e. The Labute approximate surface area is 306 Å². The Kier molecular flexibility index (Phi) is 35.8. The van der Waals surface area contributed by atoms with Gasteiger partial charge in [0.05, 0.1) is 6.61 Å². The molecule has 8 nitrogen and oxygen atoms in total. The quantitative estimate of drug-likeness (QED) is 0.0281. The van der Waals surface area contributed by atoms with Gasteiger partial charge in [-0.1, -0.05) is 153 Å². The molecule has 0 spiro atoms. The van der Waals surface area contributed by atoms with Crippen molar-refractivity contribution in [3.05, 3.63) is 36.5 Å². The van der Waals surface area contributed by atoms with E-state index in [2.05, 4.69) is 48.8 Å². The van der Waals surface area contributed by atoms with E-state index < -0.39 is 32.5 Å². The van der Waals surface area contributed by atoms with Crippen LogP contribution in [-0.4, -0.2) is 41.0 Å². The number of allylic oxidation sites excluding steroid dienone is 6. The lowest BCUT2D eigenvalue weighted by molar-refractivity contribution is -0.161. The summed E-state index contributed by atoms with van der Waals surface area (Å²) in [6, 6.07) is 0. The van der Waals surface area contributed by atoms with Crippen LogP contribution in [-0.2, 0) is 28.2 Å². The second kappa shape index (κ2) is 37.0. The summed E-state index contributed by atoms with van der Waals surface area (Å²) in [5, 5.41) is 0. The topological polar surface area (TPSA) is 119 Å².